The highest BCUT2D eigenvalue weighted by Crippen LogP contribution is 2.20. The quantitative estimate of drug-likeness (QED) is 0.483. The fourth-order valence-electron chi connectivity index (χ4n) is 1.70. The molecule has 0 N–H and O–H groups in total. The average Bonchev–Trinajstić information content (AvgIpc) is 2.50. The van der Waals surface area contributed by atoms with Gasteiger partial charge in [-0.05, 0) is 48.5 Å². The Balaban J connectivity index is 1.90. The normalized spacial score (nSPS) is 9.75. The molecule has 0 saturated carbocycles. The molecule has 0 aromatic heterocycles. The van der Waals surface area contributed by atoms with Crippen molar-refractivity contribution in [1.82, 2.24) is 0 Å². The average molecular weight is 330 g/mol. The van der Waals surface area contributed by atoms with Crippen LogP contribution in [-0.2, 0) is 9.59 Å². The maximum atomic E-state index is 11.7. The van der Waals surface area contributed by atoms with Crippen LogP contribution in [0.25, 0.3) is 0 Å². The monoisotopic (exact) mass is 330 g/mol. The predicted octanol–water partition coefficient (Wildman–Crippen LogP) is 3.12. The van der Waals surface area contributed by atoms with Gasteiger partial charge in [0.05, 0.1) is 0 Å². The highest BCUT2D eigenvalue weighted by Gasteiger charge is 2.09. The van der Waals surface area contributed by atoms with Crippen LogP contribution in [-0.4, -0.2) is 18.1 Å². The molecule has 7 heteroatoms. The van der Waals surface area contributed by atoms with Gasteiger partial charge in [-0.15, -0.1) is 0 Å². The van der Waals surface area contributed by atoms with Gasteiger partial charge in [0.15, 0.2) is 0 Å². The lowest BCUT2D eigenvalue weighted by Crippen LogP contribution is -2.13. The summed E-state index contributed by atoms with van der Waals surface area (Å²) in [6, 6.07) is 11.8. The van der Waals surface area contributed by atoms with Gasteiger partial charge in [-0.1, -0.05) is 0 Å². The maximum absolute atomic E-state index is 11.7. The second-order valence-electron chi connectivity index (χ2n) is 4.58. The van der Waals surface area contributed by atoms with Gasteiger partial charge in [0.2, 0.25) is 0 Å². The van der Waals surface area contributed by atoms with E-state index < -0.39 is 18.1 Å². The molecule has 0 spiro atoms. The maximum Gasteiger partial charge on any atom is 0.519 e. The largest absolute Gasteiger partial charge is 0.519 e. The summed E-state index contributed by atoms with van der Waals surface area (Å²) in [4.78, 5) is 33.3. The van der Waals surface area contributed by atoms with E-state index in [1.807, 2.05) is 0 Å². The zero-order chi connectivity index (χ0) is 17.5. The van der Waals surface area contributed by atoms with E-state index in [4.69, 9.17) is 18.9 Å². The molecule has 2 aromatic carbocycles. The molecule has 0 aliphatic heterocycles. The molecule has 0 atom stereocenters. The molecule has 124 valence electrons. The third kappa shape index (κ3) is 5.45. The Kier molecular flexibility index (Phi) is 5.51. The number of carbonyl (C=O) groups is 3. The molecular weight excluding hydrogens is 316 g/mol. The number of hydrogen-bond acceptors (Lipinski definition) is 7. The number of esters is 2. The van der Waals surface area contributed by atoms with Gasteiger partial charge in [0.25, 0.3) is 0 Å². The smallest absolute Gasteiger partial charge is 0.427 e. The Morgan fingerprint density at radius 2 is 0.792 bits per heavy atom. The van der Waals surface area contributed by atoms with Gasteiger partial charge < -0.3 is 18.9 Å². The Morgan fingerprint density at radius 3 is 1.04 bits per heavy atom. The number of benzene rings is 2. The molecule has 0 aliphatic carbocycles. The third-order valence-corrected chi connectivity index (χ3v) is 2.57. The molecule has 2 aromatic rings. The van der Waals surface area contributed by atoms with E-state index >= 15 is 0 Å². The van der Waals surface area contributed by atoms with Crippen molar-refractivity contribution in [3.05, 3.63) is 48.5 Å². The molecule has 2 rings (SSSR count). The van der Waals surface area contributed by atoms with Crippen LogP contribution in [0.15, 0.2) is 48.5 Å². The summed E-state index contributed by atoms with van der Waals surface area (Å²) < 4.78 is 19.7. The van der Waals surface area contributed by atoms with Gasteiger partial charge in [-0.3, -0.25) is 9.59 Å². The van der Waals surface area contributed by atoms with E-state index in [0.29, 0.717) is 11.5 Å². The molecule has 7 nitrogen and oxygen atoms in total. The van der Waals surface area contributed by atoms with Crippen molar-refractivity contribution in [3.63, 3.8) is 0 Å². The van der Waals surface area contributed by atoms with Crippen molar-refractivity contribution in [3.8, 4) is 23.0 Å². The van der Waals surface area contributed by atoms with Crippen LogP contribution in [0.1, 0.15) is 13.8 Å². The minimum Gasteiger partial charge on any atom is -0.427 e. The van der Waals surface area contributed by atoms with Crippen molar-refractivity contribution in [2.45, 2.75) is 13.8 Å². The Bertz CT molecular complexity index is 669. The lowest BCUT2D eigenvalue weighted by atomic mass is 10.3. The first-order valence-corrected chi connectivity index (χ1v) is 6.89. The number of rotatable bonds is 4. The third-order valence-electron chi connectivity index (χ3n) is 2.57. The van der Waals surface area contributed by atoms with E-state index in [9.17, 15) is 14.4 Å². The van der Waals surface area contributed by atoms with Crippen LogP contribution in [0.3, 0.4) is 0 Å². The van der Waals surface area contributed by atoms with Gasteiger partial charge in [0, 0.05) is 13.8 Å². The molecule has 0 saturated heterocycles. The van der Waals surface area contributed by atoms with Crippen molar-refractivity contribution in [2.75, 3.05) is 0 Å². The highest BCUT2D eigenvalue weighted by atomic mass is 16.7. The molecule has 0 unspecified atom stereocenters. The van der Waals surface area contributed by atoms with E-state index in [0.717, 1.165) is 0 Å². The second-order valence-corrected chi connectivity index (χ2v) is 4.58. The van der Waals surface area contributed by atoms with Crippen LogP contribution in [0.5, 0.6) is 23.0 Å². The van der Waals surface area contributed by atoms with Crippen LogP contribution in [0.4, 0.5) is 4.79 Å². The van der Waals surface area contributed by atoms with Crippen LogP contribution >= 0.6 is 0 Å². The molecule has 0 aliphatic rings. The standard InChI is InChI=1S/C17H14O7/c1-11(18)21-13-3-7-15(8-4-13)23-17(20)24-16-9-5-14(6-10-16)22-12(2)19/h3-10H,1-2H3. The number of carbonyl (C=O) groups excluding carboxylic acids is 3. The van der Waals surface area contributed by atoms with Crippen LogP contribution < -0.4 is 18.9 Å². The summed E-state index contributed by atoms with van der Waals surface area (Å²) in [5, 5.41) is 0. The number of ether oxygens (including phenoxy) is 4. The fourth-order valence-corrected chi connectivity index (χ4v) is 1.70. The Labute approximate surface area is 137 Å². The zero-order valence-corrected chi connectivity index (χ0v) is 13.0. The molecule has 0 fully saturated rings. The summed E-state index contributed by atoms with van der Waals surface area (Å²) in [7, 11) is 0. The minimum absolute atomic E-state index is 0.229. The molecule has 0 radical (unpaired) electrons. The summed E-state index contributed by atoms with van der Waals surface area (Å²) in [5.74, 6) is 0.244. The first-order valence-electron chi connectivity index (χ1n) is 6.89. The molecule has 0 heterocycles. The summed E-state index contributed by atoms with van der Waals surface area (Å²) in [6.45, 7) is 2.57. The predicted molar refractivity (Wildman–Crippen MR) is 82.2 cm³/mol. The SMILES string of the molecule is CC(=O)Oc1ccc(OC(=O)Oc2ccc(OC(C)=O)cc2)cc1. The van der Waals surface area contributed by atoms with E-state index in [2.05, 4.69) is 0 Å². The van der Waals surface area contributed by atoms with Crippen molar-refractivity contribution in [1.29, 1.82) is 0 Å². The minimum atomic E-state index is -0.935. The molecule has 0 amide bonds. The summed E-state index contributed by atoms with van der Waals surface area (Å²) in [5.41, 5.74) is 0. The first-order chi connectivity index (χ1) is 11.4. The Morgan fingerprint density at radius 1 is 0.542 bits per heavy atom. The van der Waals surface area contributed by atoms with Crippen LogP contribution in [0.2, 0.25) is 0 Å². The van der Waals surface area contributed by atoms with Crippen LogP contribution in [0, 0.1) is 0 Å². The number of hydrogen-bond donors (Lipinski definition) is 0. The van der Waals surface area contributed by atoms with Crippen molar-refractivity contribution in [2.24, 2.45) is 0 Å². The van der Waals surface area contributed by atoms with E-state index in [-0.39, 0.29) is 11.5 Å². The summed E-state index contributed by atoms with van der Waals surface area (Å²) in [6.07, 6.45) is -0.935. The van der Waals surface area contributed by atoms with Crippen molar-refractivity contribution >= 4 is 18.1 Å². The van der Waals surface area contributed by atoms with E-state index in [1.165, 1.54) is 62.4 Å². The molecule has 0 bridgehead atoms. The molecular formula is C17H14O7. The van der Waals surface area contributed by atoms with E-state index in [1.54, 1.807) is 0 Å². The van der Waals surface area contributed by atoms with Gasteiger partial charge in [-0.25, -0.2) is 4.79 Å². The Hall–Kier alpha value is -3.35. The highest BCUT2D eigenvalue weighted by molar-refractivity contribution is 5.70. The van der Waals surface area contributed by atoms with Gasteiger partial charge in [-0.2, -0.15) is 0 Å². The molecule has 24 heavy (non-hydrogen) atoms. The fraction of sp³-hybridized carbons (Fsp3) is 0.118. The first kappa shape index (κ1) is 17.0. The van der Waals surface area contributed by atoms with Gasteiger partial charge >= 0.3 is 18.1 Å². The lowest BCUT2D eigenvalue weighted by molar-refractivity contribution is -0.132. The summed E-state index contributed by atoms with van der Waals surface area (Å²) >= 11 is 0. The lowest BCUT2D eigenvalue weighted by Gasteiger charge is -2.07. The zero-order valence-electron chi connectivity index (χ0n) is 13.0. The van der Waals surface area contributed by atoms with Gasteiger partial charge in [0.1, 0.15) is 23.0 Å². The van der Waals surface area contributed by atoms with Crippen molar-refractivity contribution < 1.29 is 33.3 Å². The second kappa shape index (κ2) is 7.77. The topological polar surface area (TPSA) is 88.1 Å².